The number of benzene rings is 1. The van der Waals surface area contributed by atoms with E-state index in [1.165, 1.54) is 0 Å². The third-order valence-corrected chi connectivity index (χ3v) is 2.52. The van der Waals surface area contributed by atoms with Crippen LogP contribution in [0.5, 0.6) is 0 Å². The molecular formula is C13H15NO2. The van der Waals surface area contributed by atoms with Gasteiger partial charge in [-0.3, -0.25) is 0 Å². The van der Waals surface area contributed by atoms with Crippen LogP contribution in [0.25, 0.3) is 0 Å². The van der Waals surface area contributed by atoms with Crippen LogP contribution < -0.4 is 5.32 Å². The molecule has 0 aromatic heterocycles. The van der Waals surface area contributed by atoms with E-state index in [0.717, 1.165) is 18.4 Å². The minimum atomic E-state index is -0.336. The Labute approximate surface area is 95.1 Å². The molecule has 0 radical (unpaired) electrons. The van der Waals surface area contributed by atoms with Gasteiger partial charge in [0.25, 0.3) is 0 Å². The molecule has 2 rings (SSSR count). The van der Waals surface area contributed by atoms with E-state index in [1.807, 2.05) is 42.5 Å². The van der Waals surface area contributed by atoms with Gasteiger partial charge in [0.15, 0.2) is 0 Å². The Bertz CT molecular complexity index is 365. The molecule has 1 aromatic carbocycles. The largest absolute Gasteiger partial charge is 0.446 e. The van der Waals surface area contributed by atoms with Crippen molar-refractivity contribution in [1.82, 2.24) is 5.32 Å². The molecule has 0 unspecified atom stereocenters. The predicted molar refractivity (Wildman–Crippen MR) is 61.9 cm³/mol. The Morgan fingerprint density at radius 1 is 1.25 bits per heavy atom. The van der Waals surface area contributed by atoms with Gasteiger partial charge in [-0.15, -0.1) is 0 Å². The highest BCUT2D eigenvalue weighted by Crippen LogP contribution is 2.13. The molecule has 0 spiro atoms. The van der Waals surface area contributed by atoms with E-state index in [9.17, 15) is 4.79 Å². The lowest BCUT2D eigenvalue weighted by molar-refractivity contribution is 0.103. The van der Waals surface area contributed by atoms with Crippen LogP contribution >= 0.6 is 0 Å². The van der Waals surface area contributed by atoms with Gasteiger partial charge in [-0.05, 0) is 5.56 Å². The van der Waals surface area contributed by atoms with Crippen LogP contribution in [0.1, 0.15) is 18.4 Å². The average molecular weight is 217 g/mol. The number of carbonyl (C=O) groups is 1. The Kier molecular flexibility index (Phi) is 3.59. The molecule has 0 saturated heterocycles. The zero-order chi connectivity index (χ0) is 11.2. The molecule has 3 nitrogen and oxygen atoms in total. The number of carbonyl (C=O) groups excluding carboxylic acids is 1. The average Bonchev–Trinajstić information content (AvgIpc) is 2.81. The molecule has 84 valence electrons. The van der Waals surface area contributed by atoms with Crippen LogP contribution in [-0.4, -0.2) is 12.2 Å². The summed E-state index contributed by atoms with van der Waals surface area (Å²) in [5.41, 5.74) is 1.07. The summed E-state index contributed by atoms with van der Waals surface area (Å²) in [7, 11) is 0. The summed E-state index contributed by atoms with van der Waals surface area (Å²) < 4.78 is 5.22. The molecule has 1 aliphatic rings. The summed E-state index contributed by atoms with van der Waals surface area (Å²) in [4.78, 5) is 11.4. The van der Waals surface area contributed by atoms with Crippen molar-refractivity contribution in [2.75, 3.05) is 0 Å². The first-order chi connectivity index (χ1) is 7.84. The second-order valence-corrected chi connectivity index (χ2v) is 3.81. The minimum Gasteiger partial charge on any atom is -0.446 e. The summed E-state index contributed by atoms with van der Waals surface area (Å²) in [5, 5.41) is 2.74. The quantitative estimate of drug-likeness (QED) is 0.790. The lowest BCUT2D eigenvalue weighted by atomic mass is 10.2. The molecule has 0 heterocycles. The van der Waals surface area contributed by atoms with Gasteiger partial charge in [0.05, 0.1) is 0 Å². The number of nitrogens with one attached hydrogen (secondary N) is 1. The van der Waals surface area contributed by atoms with Crippen molar-refractivity contribution in [3.63, 3.8) is 0 Å². The molecule has 1 aliphatic carbocycles. The van der Waals surface area contributed by atoms with Gasteiger partial charge >= 0.3 is 6.09 Å². The Morgan fingerprint density at radius 3 is 2.62 bits per heavy atom. The fraction of sp³-hybridized carbons (Fsp3) is 0.308. The molecule has 0 fully saturated rings. The zero-order valence-electron chi connectivity index (χ0n) is 9.06. The van der Waals surface area contributed by atoms with Gasteiger partial charge in [-0.2, -0.15) is 0 Å². The van der Waals surface area contributed by atoms with Crippen molar-refractivity contribution >= 4 is 6.09 Å². The van der Waals surface area contributed by atoms with Crippen LogP contribution in [0.2, 0.25) is 0 Å². The maximum Gasteiger partial charge on any atom is 0.407 e. The number of ether oxygens (including phenoxy) is 1. The van der Waals surface area contributed by atoms with E-state index in [-0.39, 0.29) is 12.2 Å². The summed E-state index contributed by atoms with van der Waals surface area (Å²) in [5.74, 6) is 0. The van der Waals surface area contributed by atoms with Crippen LogP contribution in [0.15, 0.2) is 42.5 Å². The zero-order valence-corrected chi connectivity index (χ0v) is 9.06. The number of amides is 1. The van der Waals surface area contributed by atoms with Gasteiger partial charge in [0, 0.05) is 19.4 Å². The summed E-state index contributed by atoms with van der Waals surface area (Å²) in [6.07, 6.45) is 5.43. The SMILES string of the molecule is O=C(NCc1ccccc1)OC1CC=CC1. The first kappa shape index (κ1) is 10.7. The maximum absolute atomic E-state index is 11.4. The number of hydrogen-bond donors (Lipinski definition) is 1. The molecular weight excluding hydrogens is 202 g/mol. The van der Waals surface area contributed by atoms with Gasteiger partial charge in [-0.1, -0.05) is 42.5 Å². The van der Waals surface area contributed by atoms with Gasteiger partial charge < -0.3 is 10.1 Å². The Hall–Kier alpha value is -1.77. The molecule has 0 bridgehead atoms. The normalized spacial score (nSPS) is 15.0. The van der Waals surface area contributed by atoms with Crippen molar-refractivity contribution in [2.45, 2.75) is 25.5 Å². The Morgan fingerprint density at radius 2 is 1.94 bits per heavy atom. The molecule has 0 aliphatic heterocycles. The highest BCUT2D eigenvalue weighted by atomic mass is 16.6. The van der Waals surface area contributed by atoms with Crippen molar-refractivity contribution in [1.29, 1.82) is 0 Å². The van der Waals surface area contributed by atoms with Crippen molar-refractivity contribution in [3.05, 3.63) is 48.0 Å². The lowest BCUT2D eigenvalue weighted by Gasteiger charge is -2.12. The van der Waals surface area contributed by atoms with Crippen molar-refractivity contribution in [2.24, 2.45) is 0 Å². The second-order valence-electron chi connectivity index (χ2n) is 3.81. The van der Waals surface area contributed by atoms with Crippen molar-refractivity contribution < 1.29 is 9.53 Å². The summed E-state index contributed by atoms with van der Waals surface area (Å²) in [6, 6.07) is 9.79. The van der Waals surface area contributed by atoms with E-state index >= 15 is 0 Å². The van der Waals surface area contributed by atoms with E-state index in [2.05, 4.69) is 5.32 Å². The first-order valence-electron chi connectivity index (χ1n) is 5.48. The van der Waals surface area contributed by atoms with Crippen LogP contribution in [-0.2, 0) is 11.3 Å². The predicted octanol–water partition coefficient (Wildman–Crippen LogP) is 2.63. The summed E-state index contributed by atoms with van der Waals surface area (Å²) in [6.45, 7) is 0.514. The molecule has 0 atom stereocenters. The highest BCUT2D eigenvalue weighted by molar-refractivity contribution is 5.67. The third kappa shape index (κ3) is 3.12. The molecule has 1 amide bonds. The van der Waals surface area contributed by atoms with E-state index in [1.54, 1.807) is 0 Å². The van der Waals surface area contributed by atoms with Gasteiger partial charge in [-0.25, -0.2) is 4.79 Å². The molecule has 16 heavy (non-hydrogen) atoms. The van der Waals surface area contributed by atoms with Crippen LogP contribution in [0.4, 0.5) is 4.79 Å². The minimum absolute atomic E-state index is 0.0239. The molecule has 0 saturated carbocycles. The fourth-order valence-corrected chi connectivity index (χ4v) is 1.65. The first-order valence-corrected chi connectivity index (χ1v) is 5.48. The molecule has 1 aromatic rings. The van der Waals surface area contributed by atoms with Gasteiger partial charge in [0.1, 0.15) is 6.10 Å². The molecule has 1 N–H and O–H groups in total. The second kappa shape index (κ2) is 5.35. The maximum atomic E-state index is 11.4. The van der Waals surface area contributed by atoms with Gasteiger partial charge in [0.2, 0.25) is 0 Å². The third-order valence-electron chi connectivity index (χ3n) is 2.52. The van der Waals surface area contributed by atoms with E-state index < -0.39 is 0 Å². The number of rotatable bonds is 3. The topological polar surface area (TPSA) is 38.3 Å². The van der Waals surface area contributed by atoms with Crippen LogP contribution in [0, 0.1) is 0 Å². The van der Waals surface area contributed by atoms with E-state index in [4.69, 9.17) is 4.74 Å². The lowest BCUT2D eigenvalue weighted by Crippen LogP contribution is -2.27. The number of alkyl carbamates (subject to hydrolysis) is 1. The Balaban J connectivity index is 1.71. The smallest absolute Gasteiger partial charge is 0.407 e. The van der Waals surface area contributed by atoms with Crippen LogP contribution in [0.3, 0.4) is 0 Å². The highest BCUT2D eigenvalue weighted by Gasteiger charge is 2.14. The molecule has 3 heteroatoms. The number of hydrogen-bond acceptors (Lipinski definition) is 2. The standard InChI is InChI=1S/C13H15NO2/c15-13(16-12-8-4-5-9-12)14-10-11-6-2-1-3-7-11/h1-7,12H,8-10H2,(H,14,15). The fourth-order valence-electron chi connectivity index (χ4n) is 1.65. The van der Waals surface area contributed by atoms with Crippen molar-refractivity contribution in [3.8, 4) is 0 Å². The van der Waals surface area contributed by atoms with E-state index in [0.29, 0.717) is 6.54 Å². The monoisotopic (exact) mass is 217 g/mol. The summed E-state index contributed by atoms with van der Waals surface area (Å²) >= 11 is 0.